The van der Waals surface area contributed by atoms with Crippen molar-refractivity contribution in [1.82, 2.24) is 9.55 Å². The first-order valence-electron chi connectivity index (χ1n) is 3.31. The van der Waals surface area contributed by atoms with Gasteiger partial charge in [0.2, 0.25) is 5.16 Å². The van der Waals surface area contributed by atoms with Gasteiger partial charge >= 0.3 is 0 Å². The van der Waals surface area contributed by atoms with Gasteiger partial charge < -0.3 is 4.57 Å². The summed E-state index contributed by atoms with van der Waals surface area (Å²) in [7, 11) is -0.891. The maximum absolute atomic E-state index is 11.4. The molecule has 0 aliphatic heterocycles. The van der Waals surface area contributed by atoms with E-state index in [2.05, 4.69) is 4.98 Å². The third kappa shape index (κ3) is 1.42. The van der Waals surface area contributed by atoms with Crippen LogP contribution in [0.4, 0.5) is 0 Å². The van der Waals surface area contributed by atoms with E-state index in [1.807, 2.05) is 0 Å². The van der Waals surface area contributed by atoms with Crippen molar-refractivity contribution in [3.63, 3.8) is 0 Å². The highest BCUT2D eigenvalue weighted by atomic mass is 32.2. The third-order valence-corrected chi connectivity index (χ3v) is 3.27. The molecular formula is C6H11N3OS. The summed E-state index contributed by atoms with van der Waals surface area (Å²) >= 11 is 0. The van der Waals surface area contributed by atoms with Crippen molar-refractivity contribution in [1.29, 1.82) is 4.78 Å². The fourth-order valence-corrected chi connectivity index (χ4v) is 1.81. The number of nitrogens with one attached hydrogen (secondary N) is 1. The number of aryl methyl sites for hydroxylation is 1. The summed E-state index contributed by atoms with van der Waals surface area (Å²) in [6, 6.07) is 0. The van der Waals surface area contributed by atoms with Crippen LogP contribution in [0.3, 0.4) is 0 Å². The second-order valence-electron chi connectivity index (χ2n) is 2.28. The quantitative estimate of drug-likeness (QED) is 0.720. The van der Waals surface area contributed by atoms with Gasteiger partial charge in [-0.1, -0.05) is 6.92 Å². The predicted molar refractivity (Wildman–Crippen MR) is 42.9 cm³/mol. The van der Waals surface area contributed by atoms with Gasteiger partial charge in [0.1, 0.15) is 9.73 Å². The molecule has 0 saturated carbocycles. The highest BCUT2D eigenvalue weighted by Crippen LogP contribution is 2.06. The minimum Gasteiger partial charge on any atom is -0.326 e. The first kappa shape index (κ1) is 8.26. The molecule has 1 rings (SSSR count). The fourth-order valence-electron chi connectivity index (χ4n) is 0.799. The Morgan fingerprint density at radius 2 is 2.45 bits per heavy atom. The number of imidazole rings is 1. The summed E-state index contributed by atoms with van der Waals surface area (Å²) in [5, 5.41) is 0.361. The molecule has 0 amide bonds. The zero-order valence-corrected chi connectivity index (χ0v) is 7.39. The van der Waals surface area contributed by atoms with Gasteiger partial charge in [-0.05, 0) is 0 Å². The van der Waals surface area contributed by atoms with Crippen molar-refractivity contribution in [2.45, 2.75) is 12.1 Å². The lowest BCUT2D eigenvalue weighted by Gasteiger charge is -2.02. The van der Waals surface area contributed by atoms with Crippen molar-refractivity contribution < 1.29 is 4.21 Å². The van der Waals surface area contributed by atoms with E-state index in [1.54, 1.807) is 30.9 Å². The summed E-state index contributed by atoms with van der Waals surface area (Å²) in [5.41, 5.74) is 0. The van der Waals surface area contributed by atoms with Crippen LogP contribution in [-0.4, -0.2) is 19.5 Å². The summed E-state index contributed by atoms with van der Waals surface area (Å²) < 4.78 is 20.5. The lowest BCUT2D eigenvalue weighted by Crippen LogP contribution is -2.08. The van der Waals surface area contributed by atoms with E-state index in [-0.39, 0.29) is 0 Å². The van der Waals surface area contributed by atoms with Crippen LogP contribution in [0.1, 0.15) is 6.92 Å². The van der Waals surface area contributed by atoms with Crippen molar-refractivity contribution in [3.8, 4) is 0 Å². The molecule has 1 aromatic heterocycles. The Morgan fingerprint density at radius 3 is 2.82 bits per heavy atom. The number of hydrogen-bond acceptors (Lipinski definition) is 3. The van der Waals surface area contributed by atoms with Gasteiger partial charge in [-0.15, -0.1) is 0 Å². The molecule has 0 fully saturated rings. The Bertz CT molecular complexity index is 338. The lowest BCUT2D eigenvalue weighted by atomic mass is 10.9. The van der Waals surface area contributed by atoms with E-state index in [9.17, 15) is 4.21 Å². The molecule has 0 radical (unpaired) electrons. The molecule has 5 heteroatoms. The predicted octanol–water partition coefficient (Wildman–Crippen LogP) is 0.846. The Hall–Kier alpha value is -0.840. The molecule has 1 atom stereocenters. The van der Waals surface area contributed by atoms with Crippen molar-refractivity contribution >= 4 is 9.73 Å². The number of rotatable bonds is 2. The van der Waals surface area contributed by atoms with Crippen molar-refractivity contribution in [3.05, 3.63) is 12.4 Å². The SMILES string of the molecule is CCS(=N)(=O)c1nccn1C. The number of aromatic nitrogens is 2. The molecule has 0 aliphatic carbocycles. The van der Waals surface area contributed by atoms with E-state index in [0.29, 0.717) is 10.9 Å². The second-order valence-corrected chi connectivity index (χ2v) is 4.58. The lowest BCUT2D eigenvalue weighted by molar-refractivity contribution is 0.656. The van der Waals surface area contributed by atoms with Crippen LogP contribution < -0.4 is 0 Å². The number of hydrogen-bond donors (Lipinski definition) is 1. The van der Waals surface area contributed by atoms with E-state index < -0.39 is 9.73 Å². The highest BCUT2D eigenvalue weighted by Gasteiger charge is 2.11. The third-order valence-electron chi connectivity index (χ3n) is 1.48. The van der Waals surface area contributed by atoms with Gasteiger partial charge in [-0.25, -0.2) is 14.0 Å². The van der Waals surface area contributed by atoms with Crippen molar-refractivity contribution in [2.24, 2.45) is 7.05 Å². The fraction of sp³-hybridized carbons (Fsp3) is 0.500. The van der Waals surface area contributed by atoms with Crippen LogP contribution in [-0.2, 0) is 16.8 Å². The van der Waals surface area contributed by atoms with E-state index in [1.165, 1.54) is 0 Å². The molecule has 1 aromatic rings. The average Bonchev–Trinajstić information content (AvgIpc) is 2.36. The van der Waals surface area contributed by atoms with Crippen LogP contribution in [0, 0.1) is 4.78 Å². The van der Waals surface area contributed by atoms with Crippen LogP contribution in [0.5, 0.6) is 0 Å². The molecule has 62 valence electrons. The molecule has 1 heterocycles. The average molecular weight is 173 g/mol. The van der Waals surface area contributed by atoms with Crippen LogP contribution in [0.2, 0.25) is 0 Å². The largest absolute Gasteiger partial charge is 0.326 e. The van der Waals surface area contributed by atoms with Crippen molar-refractivity contribution in [2.75, 3.05) is 5.75 Å². The molecule has 0 aliphatic rings. The molecule has 0 spiro atoms. The van der Waals surface area contributed by atoms with Crippen LogP contribution >= 0.6 is 0 Å². The normalized spacial score (nSPS) is 16.2. The zero-order valence-electron chi connectivity index (χ0n) is 6.57. The van der Waals surface area contributed by atoms with Crippen LogP contribution in [0.15, 0.2) is 17.6 Å². The Labute approximate surface area is 66.2 Å². The standard InChI is InChI=1S/C6H11N3OS/c1-3-11(7,10)6-8-4-5-9(6)2/h4-5,7H,3H2,1-2H3. The van der Waals surface area contributed by atoms with Gasteiger partial charge in [0.05, 0.1) is 0 Å². The maximum Gasteiger partial charge on any atom is 0.207 e. The van der Waals surface area contributed by atoms with Crippen LogP contribution in [0.25, 0.3) is 0 Å². The molecule has 11 heavy (non-hydrogen) atoms. The molecule has 1 unspecified atom stereocenters. The van der Waals surface area contributed by atoms with Gasteiger partial charge in [-0.2, -0.15) is 0 Å². The summed E-state index contributed by atoms with van der Waals surface area (Å²) in [6.07, 6.45) is 3.25. The Balaban J connectivity index is 3.22. The van der Waals surface area contributed by atoms with Gasteiger partial charge in [0.25, 0.3) is 0 Å². The van der Waals surface area contributed by atoms with Gasteiger partial charge in [-0.3, -0.25) is 0 Å². The molecule has 0 saturated heterocycles. The molecule has 1 N–H and O–H groups in total. The van der Waals surface area contributed by atoms with Gasteiger partial charge in [0, 0.05) is 25.2 Å². The minimum atomic E-state index is -2.63. The molecular weight excluding hydrogens is 162 g/mol. The Morgan fingerprint density at radius 1 is 1.82 bits per heavy atom. The highest BCUT2D eigenvalue weighted by molar-refractivity contribution is 7.92. The number of nitrogens with zero attached hydrogens (tertiary/aromatic N) is 2. The van der Waals surface area contributed by atoms with Gasteiger partial charge in [0.15, 0.2) is 0 Å². The first-order chi connectivity index (χ1) is 5.08. The molecule has 0 aromatic carbocycles. The summed E-state index contributed by atoms with van der Waals surface area (Å²) in [5.74, 6) is 0.317. The minimum absolute atomic E-state index is 0.317. The summed E-state index contributed by atoms with van der Waals surface area (Å²) in [4.78, 5) is 3.86. The summed E-state index contributed by atoms with van der Waals surface area (Å²) in [6.45, 7) is 1.73. The smallest absolute Gasteiger partial charge is 0.207 e. The zero-order chi connectivity index (χ0) is 8.48. The van der Waals surface area contributed by atoms with E-state index in [4.69, 9.17) is 4.78 Å². The topological polar surface area (TPSA) is 58.7 Å². The second kappa shape index (κ2) is 2.65. The maximum atomic E-state index is 11.4. The van der Waals surface area contributed by atoms with E-state index >= 15 is 0 Å². The van der Waals surface area contributed by atoms with E-state index in [0.717, 1.165) is 0 Å². The molecule has 0 bridgehead atoms. The molecule has 4 nitrogen and oxygen atoms in total. The Kier molecular flexibility index (Phi) is 1.99. The monoisotopic (exact) mass is 173 g/mol. The first-order valence-corrected chi connectivity index (χ1v) is 5.04.